The fourth-order valence-corrected chi connectivity index (χ4v) is 11.3. The highest BCUT2D eigenvalue weighted by molar-refractivity contribution is 5.97. The van der Waals surface area contributed by atoms with Crippen LogP contribution in [0, 0.1) is 11.3 Å². The van der Waals surface area contributed by atoms with Gasteiger partial charge in [-0.3, -0.25) is 34.1 Å². The van der Waals surface area contributed by atoms with Gasteiger partial charge in [-0.1, -0.05) is 39.8 Å². The zero-order chi connectivity index (χ0) is 51.7. The van der Waals surface area contributed by atoms with E-state index >= 15 is 0 Å². The number of aldehydes is 1. The minimum Gasteiger partial charge on any atom is -0.508 e. The number of fused-ring (bicyclic) bond motifs is 6. The van der Waals surface area contributed by atoms with Crippen molar-refractivity contribution in [3.05, 3.63) is 71.5 Å². The predicted octanol–water partition coefficient (Wildman–Crippen LogP) is 3.45. The van der Waals surface area contributed by atoms with E-state index in [2.05, 4.69) is 53.2 Å². The number of pyridine rings is 1. The van der Waals surface area contributed by atoms with Crippen molar-refractivity contribution in [1.29, 1.82) is 0 Å². The summed E-state index contributed by atoms with van der Waals surface area (Å²) in [6.07, 6.45) is 5.84. The molecule has 4 amide bonds. The Hall–Kier alpha value is -5.76. The largest absolute Gasteiger partial charge is 0.508 e. The molecule has 8 rings (SSSR count). The van der Waals surface area contributed by atoms with E-state index in [0.29, 0.717) is 63.1 Å². The standard InChI is InChI=1S/C54H72N8O10/c1-8-61-45-11-10-36-24-41(45)42(48(61)43-26-55-16-12-37(43)29-71-7)25-52(4,5)32-72-33-53(31-63)14-9-17-62(57-53)50(68)44(22-35-20-38(36)23-40(65)21-35)56-49(67)47(34(2)3)58(6)51(69)54(70)15-19-60(30-54)46(66)28-59-18-13-39(64)27-59/h10-12,16,20-21,23-24,26,31,34,39,44,47,57,64-65,70H,8-9,13-15,17-19,22,25,27-30,32-33H2,1-7H3,(H,56,67)/t39-,44+,47+,53+,54+/m1/s1. The number of β-amino-alcohol motifs (C(OH)–C–C–N with tert-alkyl or cyclic N) is 2. The number of phenolic OH excluding ortho intramolecular Hbond substituents is 1. The topological polar surface area (TPSA) is 219 Å². The third-order valence-electron chi connectivity index (χ3n) is 14.9. The summed E-state index contributed by atoms with van der Waals surface area (Å²) < 4.78 is 14.4. The molecule has 388 valence electrons. The van der Waals surface area contributed by atoms with Crippen molar-refractivity contribution in [2.24, 2.45) is 11.3 Å². The van der Waals surface area contributed by atoms with E-state index in [1.165, 1.54) is 21.9 Å². The minimum absolute atomic E-state index is 0.0272. The number of hydrogen-bond acceptors (Lipinski definition) is 13. The van der Waals surface area contributed by atoms with Gasteiger partial charge in [0, 0.05) is 88.6 Å². The first kappa shape index (κ1) is 52.6. The molecule has 0 unspecified atom stereocenters. The Bertz CT molecular complexity index is 2690. The highest BCUT2D eigenvalue weighted by Gasteiger charge is 2.49. The number of ether oxygens (including phenoxy) is 2. The summed E-state index contributed by atoms with van der Waals surface area (Å²) in [6, 6.07) is 10.9. The van der Waals surface area contributed by atoms with E-state index in [9.17, 15) is 39.3 Å². The number of carbonyl (C=O) groups excluding carboxylic acids is 5. The van der Waals surface area contributed by atoms with Gasteiger partial charge in [0.05, 0.1) is 44.7 Å². The molecule has 6 heterocycles. The first-order chi connectivity index (χ1) is 34.3. The molecule has 3 fully saturated rings. The molecule has 18 heteroatoms. The smallest absolute Gasteiger partial charge is 0.259 e. The molecule has 4 aliphatic rings. The number of likely N-dealkylation sites (tertiary alicyclic amines) is 2. The second-order valence-corrected chi connectivity index (χ2v) is 21.6. The normalized spacial score (nSPS) is 24.3. The van der Waals surface area contributed by atoms with Gasteiger partial charge in [0.25, 0.3) is 11.8 Å². The highest BCUT2D eigenvalue weighted by Crippen LogP contribution is 2.42. The summed E-state index contributed by atoms with van der Waals surface area (Å²) >= 11 is 0. The van der Waals surface area contributed by atoms with Crippen molar-refractivity contribution in [2.45, 2.75) is 116 Å². The monoisotopic (exact) mass is 993 g/mol. The summed E-state index contributed by atoms with van der Waals surface area (Å²) in [6.45, 7) is 12.3. The summed E-state index contributed by atoms with van der Waals surface area (Å²) in [5.74, 6) is -2.71. The van der Waals surface area contributed by atoms with Crippen LogP contribution >= 0.6 is 0 Å². The van der Waals surface area contributed by atoms with Crippen molar-refractivity contribution in [1.82, 2.24) is 40.0 Å². The molecule has 6 bridgehead atoms. The van der Waals surface area contributed by atoms with Crippen molar-refractivity contribution in [3.63, 3.8) is 0 Å². The fraction of sp³-hybridized carbons (Fsp3) is 0.556. The molecular formula is C54H72N8O10. The van der Waals surface area contributed by atoms with Crippen LogP contribution in [0.5, 0.6) is 5.75 Å². The highest BCUT2D eigenvalue weighted by atomic mass is 16.5. The van der Waals surface area contributed by atoms with Crippen LogP contribution in [0.1, 0.15) is 77.0 Å². The number of aliphatic hydroxyl groups is 2. The molecule has 72 heavy (non-hydrogen) atoms. The van der Waals surface area contributed by atoms with Crippen molar-refractivity contribution in [3.8, 4) is 28.1 Å². The number of aromatic nitrogens is 2. The Morgan fingerprint density at radius 2 is 1.86 bits per heavy atom. The molecule has 18 nitrogen and oxygen atoms in total. The number of rotatable bonds is 12. The maximum atomic E-state index is 15.0. The van der Waals surface area contributed by atoms with Crippen LogP contribution in [0.3, 0.4) is 0 Å². The molecule has 2 aromatic carbocycles. The first-order valence-electron chi connectivity index (χ1n) is 25.3. The zero-order valence-electron chi connectivity index (χ0n) is 42.8. The predicted molar refractivity (Wildman–Crippen MR) is 270 cm³/mol. The van der Waals surface area contributed by atoms with Crippen LogP contribution in [0.2, 0.25) is 0 Å². The van der Waals surface area contributed by atoms with Gasteiger partial charge in [-0.25, -0.2) is 5.43 Å². The third-order valence-corrected chi connectivity index (χ3v) is 14.9. The summed E-state index contributed by atoms with van der Waals surface area (Å²) in [7, 11) is 3.11. The van der Waals surface area contributed by atoms with Gasteiger partial charge in [-0.15, -0.1) is 0 Å². The summed E-state index contributed by atoms with van der Waals surface area (Å²) in [5.41, 5.74) is 6.62. The Balaban J connectivity index is 1.15. The molecule has 4 aliphatic heterocycles. The van der Waals surface area contributed by atoms with Crippen molar-refractivity contribution < 1.29 is 48.8 Å². The molecule has 5 N–H and O–H groups in total. The van der Waals surface area contributed by atoms with Gasteiger partial charge in [-0.2, -0.15) is 0 Å². The Kier molecular flexibility index (Phi) is 15.6. The molecule has 4 aromatic rings. The molecule has 5 atom stereocenters. The SMILES string of the molecule is CCn1c(-c2cnccc2COC)c2c3cc(ccc31)-c1cc(O)cc(c1)C[C@H](NC(=O)[C@H](C(C)C)N(C)C(=O)[C@]1(O)CCN(C(=O)CN3CC[C@@H](O)C3)C1)C(=O)N1CCC[C@](C=O)(COCC(C)(C)C2)N1. The number of aromatic hydroxyl groups is 1. The number of amides is 4. The molecule has 0 saturated carbocycles. The van der Waals surface area contributed by atoms with Gasteiger partial charge in [-0.05, 0) is 102 Å². The number of nitrogens with zero attached hydrogens (tertiary/aromatic N) is 6. The fourth-order valence-electron chi connectivity index (χ4n) is 11.3. The van der Waals surface area contributed by atoms with E-state index < -0.39 is 58.4 Å². The molecule has 0 aliphatic carbocycles. The number of phenols is 1. The van der Waals surface area contributed by atoms with Crippen LogP contribution in [0.4, 0.5) is 0 Å². The second kappa shape index (κ2) is 21.4. The lowest BCUT2D eigenvalue weighted by molar-refractivity contribution is -0.156. The molecular weight excluding hydrogens is 921 g/mol. The number of carbonyl (C=O) groups is 5. The van der Waals surface area contributed by atoms with Gasteiger partial charge < -0.3 is 49.3 Å². The van der Waals surface area contributed by atoms with Gasteiger partial charge in [0.15, 0.2) is 5.60 Å². The molecule has 2 aromatic heterocycles. The number of hydrogen-bond donors (Lipinski definition) is 5. The lowest BCUT2D eigenvalue weighted by atomic mass is 9.84. The van der Waals surface area contributed by atoms with Crippen molar-refractivity contribution >= 4 is 40.8 Å². The van der Waals surface area contributed by atoms with Crippen LogP contribution in [0.25, 0.3) is 33.3 Å². The average molecular weight is 993 g/mol. The number of benzene rings is 2. The Morgan fingerprint density at radius 1 is 1.07 bits per heavy atom. The average Bonchev–Trinajstić information content (AvgIpc) is 4.04. The minimum atomic E-state index is -1.96. The number of likely N-dealkylation sites (N-methyl/N-ethyl adjacent to an activating group) is 1. The molecule has 3 saturated heterocycles. The third kappa shape index (κ3) is 10.9. The van der Waals surface area contributed by atoms with Gasteiger partial charge in [0.1, 0.15) is 29.7 Å². The van der Waals surface area contributed by atoms with Crippen LogP contribution in [-0.4, -0.2) is 170 Å². The quantitative estimate of drug-likeness (QED) is 0.129. The van der Waals surface area contributed by atoms with Crippen LogP contribution in [-0.2, 0) is 59.4 Å². The van der Waals surface area contributed by atoms with Crippen molar-refractivity contribution in [2.75, 3.05) is 66.6 Å². The van der Waals surface area contributed by atoms with E-state index in [0.717, 1.165) is 45.1 Å². The van der Waals surface area contributed by atoms with E-state index in [1.807, 2.05) is 29.3 Å². The van der Waals surface area contributed by atoms with E-state index in [1.54, 1.807) is 39.3 Å². The zero-order valence-corrected chi connectivity index (χ0v) is 42.8. The maximum Gasteiger partial charge on any atom is 0.259 e. The second-order valence-electron chi connectivity index (χ2n) is 21.6. The Morgan fingerprint density at radius 3 is 2.57 bits per heavy atom. The van der Waals surface area contributed by atoms with Gasteiger partial charge >= 0.3 is 0 Å². The Labute approximate surface area is 421 Å². The lowest BCUT2D eigenvalue weighted by Crippen LogP contribution is -2.66. The molecule has 0 spiro atoms. The number of aryl methyl sites for hydroxylation is 1. The van der Waals surface area contributed by atoms with Crippen LogP contribution in [0.15, 0.2) is 54.9 Å². The summed E-state index contributed by atoms with van der Waals surface area (Å²) in [4.78, 5) is 79.4. The first-order valence-corrected chi connectivity index (χ1v) is 25.3. The lowest BCUT2D eigenvalue weighted by Gasteiger charge is -2.42. The summed E-state index contributed by atoms with van der Waals surface area (Å²) in [5, 5.41) is 38.5. The number of hydrazine groups is 1. The van der Waals surface area contributed by atoms with E-state index in [-0.39, 0.29) is 63.9 Å². The number of nitrogens with one attached hydrogen (secondary N) is 2. The molecule has 0 radical (unpaired) electrons. The maximum absolute atomic E-state index is 15.0. The number of methoxy groups -OCH3 is 1. The van der Waals surface area contributed by atoms with Gasteiger partial charge in [0.2, 0.25) is 11.8 Å². The van der Waals surface area contributed by atoms with Crippen LogP contribution < -0.4 is 10.7 Å². The number of aliphatic hydroxyl groups excluding tert-OH is 1. The van der Waals surface area contributed by atoms with E-state index in [4.69, 9.17) is 9.47 Å².